The number of ether oxygens (including phenoxy) is 2. The predicted octanol–water partition coefficient (Wildman–Crippen LogP) is 1.38. The number of rotatable bonds is 5. The van der Waals surface area contributed by atoms with E-state index in [9.17, 15) is 20.1 Å². The summed E-state index contributed by atoms with van der Waals surface area (Å²) in [4.78, 5) is 21.5. The van der Waals surface area contributed by atoms with Crippen LogP contribution < -0.4 is 15.4 Å². The van der Waals surface area contributed by atoms with Gasteiger partial charge in [-0.3, -0.25) is 0 Å². The standard InChI is InChI=1S/C27H33N3O7/c1-16-17(25-22(33)23(34)26(35-3)27(2,15-31)37-25)7-8-18-19(14-21(32)36-24(16)18)29-10-12-30(13-11-29)20-6-4-5-9-28-20/h4-9,14,22-23,25-26,31,33-34H,10-13,15H2,1-3H3/t22-,23-,25+,26-,27-/m1/s1. The maximum Gasteiger partial charge on any atom is 0.338 e. The van der Waals surface area contributed by atoms with Gasteiger partial charge in [0.05, 0.1) is 12.3 Å². The Hall–Kier alpha value is -3.02. The Bertz CT molecular complexity index is 1310. The lowest BCUT2D eigenvalue weighted by atomic mass is 9.83. The van der Waals surface area contributed by atoms with Crippen molar-refractivity contribution in [3.63, 3.8) is 0 Å². The second-order valence-corrected chi connectivity index (χ2v) is 9.92. The summed E-state index contributed by atoms with van der Waals surface area (Å²) in [6.45, 7) is 5.95. The lowest BCUT2D eigenvalue weighted by molar-refractivity contribution is -0.279. The SMILES string of the molecule is CO[C@@H]1[C@H](O)[C@@H](O)[C@H](c2ccc3c(N4CCN(c5ccccn5)CC4)cc(=O)oc3c2C)O[C@]1(C)CO. The van der Waals surface area contributed by atoms with E-state index in [1.165, 1.54) is 13.2 Å². The molecule has 5 atom stereocenters. The van der Waals surface area contributed by atoms with Crippen molar-refractivity contribution >= 4 is 22.5 Å². The predicted molar refractivity (Wildman–Crippen MR) is 138 cm³/mol. The molecule has 2 fully saturated rings. The lowest BCUT2D eigenvalue weighted by Crippen LogP contribution is -2.62. The number of methoxy groups -OCH3 is 1. The van der Waals surface area contributed by atoms with E-state index in [0.717, 1.165) is 30.0 Å². The zero-order valence-corrected chi connectivity index (χ0v) is 21.2. The first-order valence-electron chi connectivity index (χ1n) is 12.4. The molecule has 198 valence electrons. The van der Waals surface area contributed by atoms with Gasteiger partial charge in [0.2, 0.25) is 0 Å². The number of aliphatic hydroxyl groups is 3. The molecule has 3 N–H and O–H groups in total. The summed E-state index contributed by atoms with van der Waals surface area (Å²) in [5.41, 5.74) is 0.655. The normalized spacial score (nSPS) is 28.6. The van der Waals surface area contributed by atoms with Gasteiger partial charge >= 0.3 is 5.63 Å². The van der Waals surface area contributed by atoms with Gasteiger partial charge in [-0.25, -0.2) is 9.78 Å². The van der Waals surface area contributed by atoms with E-state index in [1.54, 1.807) is 20.0 Å². The largest absolute Gasteiger partial charge is 0.422 e. The van der Waals surface area contributed by atoms with Crippen LogP contribution in [0, 0.1) is 6.92 Å². The van der Waals surface area contributed by atoms with Gasteiger partial charge in [0.1, 0.15) is 41.4 Å². The van der Waals surface area contributed by atoms with Crippen LogP contribution in [0.15, 0.2) is 51.8 Å². The Labute approximate surface area is 214 Å². The molecule has 2 aliphatic heterocycles. The molecule has 2 aromatic heterocycles. The summed E-state index contributed by atoms with van der Waals surface area (Å²) < 4.78 is 17.1. The minimum Gasteiger partial charge on any atom is -0.422 e. The Balaban J connectivity index is 1.47. The number of nitrogens with zero attached hydrogens (tertiary/aromatic N) is 3. The average molecular weight is 512 g/mol. The highest BCUT2D eigenvalue weighted by Gasteiger charge is 2.52. The fourth-order valence-electron chi connectivity index (χ4n) is 5.56. The fraction of sp³-hybridized carbons (Fsp3) is 0.481. The average Bonchev–Trinajstić information content (AvgIpc) is 2.92. The number of pyridine rings is 1. The van der Waals surface area contributed by atoms with E-state index >= 15 is 0 Å². The van der Waals surface area contributed by atoms with Crippen LogP contribution in [0.2, 0.25) is 0 Å². The number of fused-ring (bicyclic) bond motifs is 1. The minimum atomic E-state index is -1.31. The van der Waals surface area contributed by atoms with Crippen molar-refractivity contribution in [1.82, 2.24) is 4.98 Å². The molecule has 0 unspecified atom stereocenters. The van der Waals surface area contributed by atoms with Crippen molar-refractivity contribution in [2.24, 2.45) is 0 Å². The summed E-state index contributed by atoms with van der Waals surface area (Å²) in [5.74, 6) is 0.930. The quantitative estimate of drug-likeness (QED) is 0.432. The molecule has 5 rings (SSSR count). The van der Waals surface area contributed by atoms with E-state index in [-0.39, 0.29) is 0 Å². The van der Waals surface area contributed by atoms with Crippen molar-refractivity contribution in [3.05, 3.63) is 64.1 Å². The van der Waals surface area contributed by atoms with Gasteiger partial charge in [0, 0.05) is 50.9 Å². The molecule has 0 spiro atoms. The maximum absolute atomic E-state index is 12.6. The van der Waals surface area contributed by atoms with Crippen molar-refractivity contribution in [2.75, 3.05) is 49.7 Å². The summed E-state index contributed by atoms with van der Waals surface area (Å²) in [5, 5.41) is 32.4. The Morgan fingerprint density at radius 2 is 1.84 bits per heavy atom. The third-order valence-corrected chi connectivity index (χ3v) is 7.62. The maximum atomic E-state index is 12.6. The van der Waals surface area contributed by atoms with Crippen molar-refractivity contribution < 1.29 is 29.2 Å². The highest BCUT2D eigenvalue weighted by Crippen LogP contribution is 2.42. The van der Waals surface area contributed by atoms with Crippen LogP contribution in [-0.2, 0) is 9.47 Å². The molecule has 0 bridgehead atoms. The van der Waals surface area contributed by atoms with Crippen molar-refractivity contribution in [3.8, 4) is 0 Å². The first kappa shape index (κ1) is 25.6. The van der Waals surface area contributed by atoms with Crippen LogP contribution in [0.3, 0.4) is 0 Å². The van der Waals surface area contributed by atoms with Crippen LogP contribution in [-0.4, -0.2) is 84.1 Å². The fourth-order valence-corrected chi connectivity index (χ4v) is 5.56. The van der Waals surface area contributed by atoms with Gasteiger partial charge in [0.15, 0.2) is 0 Å². The number of benzene rings is 1. The summed E-state index contributed by atoms with van der Waals surface area (Å²) >= 11 is 0. The molecule has 37 heavy (non-hydrogen) atoms. The van der Waals surface area contributed by atoms with Gasteiger partial charge in [0.25, 0.3) is 0 Å². The Kier molecular flexibility index (Phi) is 6.95. The molecular formula is C27H33N3O7. The highest BCUT2D eigenvalue weighted by molar-refractivity contribution is 5.92. The van der Waals surface area contributed by atoms with Crippen LogP contribution >= 0.6 is 0 Å². The number of aryl methyl sites for hydroxylation is 1. The smallest absolute Gasteiger partial charge is 0.338 e. The zero-order valence-electron chi connectivity index (χ0n) is 21.2. The topological polar surface area (TPSA) is 129 Å². The highest BCUT2D eigenvalue weighted by atomic mass is 16.6. The number of hydrogen-bond donors (Lipinski definition) is 3. The molecule has 10 heteroatoms. The number of piperazine rings is 1. The number of aromatic nitrogens is 1. The van der Waals surface area contributed by atoms with Crippen LogP contribution in [0.1, 0.15) is 24.2 Å². The Morgan fingerprint density at radius 1 is 1.11 bits per heavy atom. The molecule has 0 radical (unpaired) electrons. The molecular weight excluding hydrogens is 478 g/mol. The van der Waals surface area contributed by atoms with Crippen LogP contribution in [0.25, 0.3) is 11.0 Å². The molecule has 0 saturated carbocycles. The minimum absolute atomic E-state index is 0.400. The second-order valence-electron chi connectivity index (χ2n) is 9.92. The molecule has 0 amide bonds. The third kappa shape index (κ3) is 4.49. The van der Waals surface area contributed by atoms with Crippen LogP contribution in [0.5, 0.6) is 0 Å². The van der Waals surface area contributed by atoms with Crippen LogP contribution in [0.4, 0.5) is 11.5 Å². The van der Waals surface area contributed by atoms with E-state index < -0.39 is 42.2 Å². The number of aliphatic hydroxyl groups excluding tert-OH is 3. The number of anilines is 2. The van der Waals surface area contributed by atoms with Gasteiger partial charge in [-0.2, -0.15) is 0 Å². The molecule has 10 nitrogen and oxygen atoms in total. The van der Waals surface area contributed by atoms with Gasteiger partial charge < -0.3 is 39.0 Å². The molecule has 0 aliphatic carbocycles. The molecule has 2 saturated heterocycles. The Morgan fingerprint density at radius 3 is 2.49 bits per heavy atom. The first-order chi connectivity index (χ1) is 17.8. The number of hydrogen-bond acceptors (Lipinski definition) is 10. The van der Waals surface area contributed by atoms with Gasteiger partial charge in [-0.05, 0) is 43.2 Å². The molecule has 2 aliphatic rings. The van der Waals surface area contributed by atoms with Crippen molar-refractivity contribution in [2.45, 2.75) is 43.9 Å². The molecule has 1 aromatic carbocycles. The summed E-state index contributed by atoms with van der Waals surface area (Å²) in [6.07, 6.45) is -2.69. The third-order valence-electron chi connectivity index (χ3n) is 7.62. The lowest BCUT2D eigenvalue weighted by Gasteiger charge is -2.48. The first-order valence-corrected chi connectivity index (χ1v) is 12.4. The van der Waals surface area contributed by atoms with Gasteiger partial charge in [-0.15, -0.1) is 0 Å². The zero-order chi connectivity index (χ0) is 26.3. The van der Waals surface area contributed by atoms with E-state index in [1.807, 2.05) is 30.3 Å². The summed E-state index contributed by atoms with van der Waals surface area (Å²) in [7, 11) is 1.39. The monoisotopic (exact) mass is 511 g/mol. The van der Waals surface area contributed by atoms with Gasteiger partial charge in [-0.1, -0.05) is 12.1 Å². The van der Waals surface area contributed by atoms with E-state index in [2.05, 4.69) is 14.8 Å². The van der Waals surface area contributed by atoms with E-state index in [4.69, 9.17) is 13.9 Å². The van der Waals surface area contributed by atoms with Crippen molar-refractivity contribution in [1.29, 1.82) is 0 Å². The second kappa shape index (κ2) is 10.0. The molecule has 3 aromatic rings. The molecule has 4 heterocycles. The van der Waals surface area contributed by atoms with E-state index in [0.29, 0.717) is 29.8 Å². The summed E-state index contributed by atoms with van der Waals surface area (Å²) in [6, 6.07) is 11.0.